The zero-order chi connectivity index (χ0) is 24.5. The van der Waals surface area contributed by atoms with E-state index in [9.17, 15) is 9.59 Å². The highest BCUT2D eigenvalue weighted by atomic mass is 16.2. The molecule has 8 nitrogen and oxygen atoms in total. The van der Waals surface area contributed by atoms with Crippen LogP contribution >= 0.6 is 0 Å². The number of anilines is 2. The van der Waals surface area contributed by atoms with Gasteiger partial charge in [0.25, 0.3) is 0 Å². The summed E-state index contributed by atoms with van der Waals surface area (Å²) in [5.41, 5.74) is 2.50. The predicted molar refractivity (Wildman–Crippen MR) is 135 cm³/mol. The summed E-state index contributed by atoms with van der Waals surface area (Å²) in [6.45, 7) is 13.6. The summed E-state index contributed by atoms with van der Waals surface area (Å²) < 4.78 is 0. The topological polar surface area (TPSA) is 90.5 Å². The maximum Gasteiger partial charge on any atom is 0.245 e. The highest BCUT2D eigenvalue weighted by Gasteiger charge is 2.49. The molecule has 3 heterocycles. The Bertz CT molecular complexity index is 939. The van der Waals surface area contributed by atoms with Crippen molar-refractivity contribution in [2.75, 3.05) is 43.4 Å². The number of nitrogens with zero attached hydrogens (tertiary/aromatic N) is 4. The summed E-state index contributed by atoms with van der Waals surface area (Å²) >= 11 is 0. The first-order chi connectivity index (χ1) is 16.2. The third kappa shape index (κ3) is 5.05. The molecule has 0 saturated carbocycles. The van der Waals surface area contributed by atoms with Crippen LogP contribution in [0.2, 0.25) is 0 Å². The summed E-state index contributed by atoms with van der Waals surface area (Å²) in [4.78, 5) is 38.4. The lowest BCUT2D eigenvalue weighted by Gasteiger charge is -2.47. The van der Waals surface area contributed by atoms with Crippen LogP contribution < -0.4 is 15.5 Å². The number of rotatable bonds is 8. The van der Waals surface area contributed by atoms with Crippen LogP contribution in [-0.4, -0.2) is 66.0 Å². The van der Waals surface area contributed by atoms with Crippen molar-refractivity contribution in [2.45, 2.75) is 71.3 Å². The van der Waals surface area contributed by atoms with E-state index in [2.05, 4.69) is 42.9 Å². The van der Waals surface area contributed by atoms with E-state index in [1.165, 1.54) is 11.6 Å². The van der Waals surface area contributed by atoms with Crippen molar-refractivity contribution >= 4 is 23.6 Å². The van der Waals surface area contributed by atoms with Crippen molar-refractivity contribution in [3.63, 3.8) is 0 Å². The molecule has 2 saturated heterocycles. The van der Waals surface area contributed by atoms with E-state index < -0.39 is 0 Å². The van der Waals surface area contributed by atoms with Crippen LogP contribution in [0.3, 0.4) is 0 Å². The number of nitrogens with one attached hydrogen (secondary N) is 2. The van der Waals surface area contributed by atoms with Crippen LogP contribution in [0.4, 0.5) is 11.8 Å². The number of likely N-dealkylation sites (tertiary alicyclic amines) is 1. The minimum absolute atomic E-state index is 0.0155. The van der Waals surface area contributed by atoms with Gasteiger partial charge in [0.1, 0.15) is 5.82 Å². The molecule has 34 heavy (non-hydrogen) atoms. The summed E-state index contributed by atoms with van der Waals surface area (Å²) in [5.74, 6) is 2.61. The third-order valence-corrected chi connectivity index (χ3v) is 7.63. The molecule has 2 amide bonds. The average Bonchev–Trinajstić information content (AvgIpc) is 3.23. The molecule has 2 N–H and O–H groups in total. The van der Waals surface area contributed by atoms with E-state index in [1.54, 1.807) is 7.05 Å². The molecule has 1 aromatic rings. The van der Waals surface area contributed by atoms with Crippen molar-refractivity contribution in [1.29, 1.82) is 0 Å². The second-order valence-electron chi connectivity index (χ2n) is 10.9. The van der Waals surface area contributed by atoms with E-state index >= 15 is 0 Å². The van der Waals surface area contributed by atoms with Gasteiger partial charge in [-0.2, -0.15) is 4.98 Å². The number of aromatic nitrogens is 2. The van der Waals surface area contributed by atoms with Gasteiger partial charge in [0.05, 0.1) is 5.69 Å². The molecule has 186 valence electrons. The number of hydrogen-bond acceptors (Lipinski definition) is 6. The lowest BCUT2D eigenvalue weighted by atomic mass is 9.79. The van der Waals surface area contributed by atoms with Gasteiger partial charge in [-0.05, 0) is 50.0 Å². The predicted octanol–water partition coefficient (Wildman–Crippen LogP) is 3.10. The molecular weight excluding hydrogens is 428 g/mol. The van der Waals surface area contributed by atoms with Crippen molar-refractivity contribution in [2.24, 2.45) is 11.3 Å². The Labute approximate surface area is 203 Å². The van der Waals surface area contributed by atoms with Crippen molar-refractivity contribution in [3.8, 4) is 0 Å². The van der Waals surface area contributed by atoms with Crippen LogP contribution in [0.25, 0.3) is 0 Å². The maximum atomic E-state index is 12.2. The molecule has 0 bridgehead atoms. The SMILES string of the molecule is C=CC(=O)N1CC2(CCN(c3nc(NC(CC(=O)NC)CC(C)C)c4c(n3)[C@H](C)CCC4)C2)C1. The lowest BCUT2D eigenvalue weighted by molar-refractivity contribution is -0.136. The van der Waals surface area contributed by atoms with Crippen LogP contribution in [0.1, 0.15) is 70.1 Å². The normalized spacial score (nSPS) is 21.7. The average molecular weight is 469 g/mol. The molecule has 8 heteroatoms. The van der Waals surface area contributed by atoms with Crippen LogP contribution in [0.5, 0.6) is 0 Å². The Morgan fingerprint density at radius 2 is 2.03 bits per heavy atom. The van der Waals surface area contributed by atoms with Gasteiger partial charge >= 0.3 is 0 Å². The quantitative estimate of drug-likeness (QED) is 0.570. The minimum Gasteiger partial charge on any atom is -0.366 e. The van der Waals surface area contributed by atoms with Gasteiger partial charge in [0, 0.05) is 56.7 Å². The smallest absolute Gasteiger partial charge is 0.245 e. The molecule has 1 aliphatic carbocycles. The molecule has 2 atom stereocenters. The van der Waals surface area contributed by atoms with Crippen molar-refractivity contribution in [3.05, 3.63) is 23.9 Å². The first kappa shape index (κ1) is 24.5. The first-order valence-corrected chi connectivity index (χ1v) is 12.8. The zero-order valence-electron chi connectivity index (χ0n) is 21.2. The zero-order valence-corrected chi connectivity index (χ0v) is 21.2. The fraction of sp³-hybridized carbons (Fsp3) is 0.692. The molecule has 0 radical (unpaired) electrons. The van der Waals surface area contributed by atoms with E-state index in [0.29, 0.717) is 18.3 Å². The molecule has 4 rings (SSSR count). The number of carbonyl (C=O) groups is 2. The summed E-state index contributed by atoms with van der Waals surface area (Å²) in [5, 5.41) is 6.43. The summed E-state index contributed by atoms with van der Waals surface area (Å²) in [6.07, 6.45) is 7.01. The molecular formula is C26H40N6O2. The van der Waals surface area contributed by atoms with Crippen LogP contribution in [-0.2, 0) is 16.0 Å². The van der Waals surface area contributed by atoms with Gasteiger partial charge in [0.2, 0.25) is 17.8 Å². The molecule has 1 spiro atoms. The van der Waals surface area contributed by atoms with Gasteiger partial charge in [0.15, 0.2) is 0 Å². The second-order valence-corrected chi connectivity index (χ2v) is 10.9. The second kappa shape index (κ2) is 9.92. The molecule has 2 fully saturated rings. The largest absolute Gasteiger partial charge is 0.366 e. The van der Waals surface area contributed by atoms with Gasteiger partial charge in [-0.1, -0.05) is 27.4 Å². The molecule has 0 aromatic carbocycles. The third-order valence-electron chi connectivity index (χ3n) is 7.63. The summed E-state index contributed by atoms with van der Waals surface area (Å²) in [6, 6.07) is 0.0269. The van der Waals surface area contributed by atoms with Crippen LogP contribution in [0, 0.1) is 11.3 Å². The fourth-order valence-electron chi connectivity index (χ4n) is 5.82. The standard InChI is InChI=1S/C26H40N6O2/c1-6-22(34)32-15-26(16-32)10-11-31(14-26)25-29-23-18(4)8-7-9-20(23)24(30-25)28-19(12-17(2)3)13-21(33)27-5/h6,17-19H,1,7-16H2,2-5H3,(H,27,33)(H,28,29,30)/t18-,19?/m1/s1. The fourth-order valence-corrected chi connectivity index (χ4v) is 5.82. The van der Waals surface area contributed by atoms with Gasteiger partial charge in [-0.25, -0.2) is 4.98 Å². The number of carbonyl (C=O) groups excluding carboxylic acids is 2. The lowest BCUT2D eigenvalue weighted by Crippen LogP contribution is -2.59. The molecule has 2 aliphatic heterocycles. The Kier molecular flexibility index (Phi) is 7.14. The Balaban J connectivity index is 1.58. The summed E-state index contributed by atoms with van der Waals surface area (Å²) in [7, 11) is 1.69. The Morgan fingerprint density at radius 3 is 2.71 bits per heavy atom. The van der Waals surface area contributed by atoms with E-state index in [-0.39, 0.29) is 23.3 Å². The van der Waals surface area contributed by atoms with Crippen molar-refractivity contribution in [1.82, 2.24) is 20.2 Å². The van der Waals surface area contributed by atoms with E-state index in [1.807, 2.05) is 4.90 Å². The maximum absolute atomic E-state index is 12.2. The number of amides is 2. The minimum atomic E-state index is 0.0155. The van der Waals surface area contributed by atoms with Gasteiger partial charge < -0.3 is 20.4 Å². The number of fused-ring (bicyclic) bond motifs is 1. The highest BCUT2D eigenvalue weighted by molar-refractivity contribution is 5.87. The molecule has 1 aromatic heterocycles. The van der Waals surface area contributed by atoms with E-state index in [4.69, 9.17) is 9.97 Å². The highest BCUT2D eigenvalue weighted by Crippen LogP contribution is 2.42. The Hall–Kier alpha value is -2.64. The first-order valence-electron chi connectivity index (χ1n) is 12.8. The number of hydrogen-bond donors (Lipinski definition) is 2. The monoisotopic (exact) mass is 468 g/mol. The molecule has 1 unspecified atom stereocenters. The molecule has 3 aliphatic rings. The van der Waals surface area contributed by atoms with Gasteiger partial charge in [-0.3, -0.25) is 9.59 Å². The van der Waals surface area contributed by atoms with Crippen LogP contribution in [0.15, 0.2) is 12.7 Å². The van der Waals surface area contributed by atoms with E-state index in [0.717, 1.165) is 75.7 Å². The Morgan fingerprint density at radius 1 is 1.26 bits per heavy atom. The van der Waals surface area contributed by atoms with Gasteiger partial charge in [-0.15, -0.1) is 0 Å². The van der Waals surface area contributed by atoms with Crippen molar-refractivity contribution < 1.29 is 9.59 Å².